The van der Waals surface area contributed by atoms with Crippen LogP contribution in [0, 0.1) is 0 Å². The fourth-order valence-corrected chi connectivity index (χ4v) is 2.60. The van der Waals surface area contributed by atoms with Crippen molar-refractivity contribution >= 4 is 11.8 Å². The molecule has 1 saturated heterocycles. The van der Waals surface area contributed by atoms with Crippen LogP contribution in [-0.4, -0.2) is 42.9 Å². The lowest BCUT2D eigenvalue weighted by atomic mass is 9.96. The highest BCUT2D eigenvalue weighted by molar-refractivity contribution is 5.82. The number of hydrogen-bond acceptors (Lipinski definition) is 3. The zero-order valence-electron chi connectivity index (χ0n) is 11.0. The van der Waals surface area contributed by atoms with E-state index in [1.165, 1.54) is 5.56 Å². The average Bonchev–Trinajstić information content (AvgIpc) is 2.83. The molecule has 1 aliphatic rings. The molecule has 1 aromatic carbocycles. The minimum atomic E-state index is -0.359. The van der Waals surface area contributed by atoms with Crippen molar-refractivity contribution in [2.45, 2.75) is 18.4 Å². The summed E-state index contributed by atoms with van der Waals surface area (Å²) in [5.74, 6) is -0.203. The molecule has 2 unspecified atom stereocenters. The summed E-state index contributed by atoms with van der Waals surface area (Å²) in [6, 6.07) is 9.67. The molecule has 1 aliphatic heterocycles. The van der Waals surface area contributed by atoms with Gasteiger partial charge in [0.15, 0.2) is 0 Å². The normalized spacial score (nSPS) is 23.2. The van der Waals surface area contributed by atoms with E-state index in [-0.39, 0.29) is 30.3 Å². The average molecular weight is 261 g/mol. The number of rotatable bonds is 4. The topological polar surface area (TPSA) is 75.4 Å². The van der Waals surface area contributed by atoms with Crippen LogP contribution in [-0.2, 0) is 9.59 Å². The maximum Gasteiger partial charge on any atom is 0.234 e. The van der Waals surface area contributed by atoms with E-state index in [1.54, 1.807) is 7.05 Å². The Morgan fingerprint density at radius 1 is 1.37 bits per heavy atom. The quantitative estimate of drug-likeness (QED) is 0.805. The van der Waals surface area contributed by atoms with Crippen molar-refractivity contribution < 1.29 is 9.59 Å². The van der Waals surface area contributed by atoms with Gasteiger partial charge in [-0.1, -0.05) is 30.3 Å². The number of hydrogen-bond donors (Lipinski definition) is 2. The van der Waals surface area contributed by atoms with E-state index in [9.17, 15) is 9.59 Å². The van der Waals surface area contributed by atoms with Crippen LogP contribution < -0.4 is 11.1 Å². The van der Waals surface area contributed by atoms with Gasteiger partial charge >= 0.3 is 0 Å². The van der Waals surface area contributed by atoms with Crippen LogP contribution in [0.3, 0.4) is 0 Å². The van der Waals surface area contributed by atoms with Gasteiger partial charge in [-0.3, -0.25) is 14.5 Å². The molecule has 0 bridgehead atoms. The van der Waals surface area contributed by atoms with Crippen LogP contribution in [0.15, 0.2) is 30.3 Å². The fraction of sp³-hybridized carbons (Fsp3) is 0.429. The SMILES string of the molecule is CNC(=O)CN1CC(c2ccccc2)CC1C(N)=O. The number of carbonyl (C=O) groups is 2. The number of nitrogens with zero attached hydrogens (tertiary/aromatic N) is 1. The first-order valence-electron chi connectivity index (χ1n) is 6.40. The summed E-state index contributed by atoms with van der Waals surface area (Å²) in [6.07, 6.45) is 0.677. The summed E-state index contributed by atoms with van der Waals surface area (Å²) in [4.78, 5) is 24.8. The third kappa shape index (κ3) is 3.12. The van der Waals surface area contributed by atoms with E-state index in [0.29, 0.717) is 13.0 Å². The minimum Gasteiger partial charge on any atom is -0.368 e. The van der Waals surface area contributed by atoms with E-state index in [0.717, 1.165) is 0 Å². The van der Waals surface area contributed by atoms with Crippen molar-refractivity contribution in [3.63, 3.8) is 0 Å². The van der Waals surface area contributed by atoms with E-state index in [2.05, 4.69) is 5.32 Å². The molecular weight excluding hydrogens is 242 g/mol. The molecule has 102 valence electrons. The van der Waals surface area contributed by atoms with Crippen LogP contribution in [0.5, 0.6) is 0 Å². The summed E-state index contributed by atoms with van der Waals surface area (Å²) in [5, 5.41) is 2.57. The molecule has 0 aliphatic carbocycles. The molecular formula is C14H19N3O2. The molecule has 0 saturated carbocycles. The molecule has 0 spiro atoms. The zero-order chi connectivity index (χ0) is 13.8. The van der Waals surface area contributed by atoms with Crippen molar-refractivity contribution in [1.29, 1.82) is 0 Å². The largest absolute Gasteiger partial charge is 0.368 e. The summed E-state index contributed by atoms with van der Waals surface area (Å²) in [6.45, 7) is 0.901. The van der Waals surface area contributed by atoms with Crippen molar-refractivity contribution in [3.8, 4) is 0 Å². The Kier molecular flexibility index (Phi) is 4.16. The molecule has 19 heavy (non-hydrogen) atoms. The first-order chi connectivity index (χ1) is 9.11. The van der Waals surface area contributed by atoms with Crippen LogP contribution >= 0.6 is 0 Å². The highest BCUT2D eigenvalue weighted by Gasteiger charge is 2.36. The van der Waals surface area contributed by atoms with E-state index < -0.39 is 0 Å². The van der Waals surface area contributed by atoms with E-state index in [4.69, 9.17) is 5.73 Å². The molecule has 3 N–H and O–H groups in total. The third-order valence-electron chi connectivity index (χ3n) is 3.63. The second-order valence-electron chi connectivity index (χ2n) is 4.86. The van der Waals surface area contributed by atoms with E-state index >= 15 is 0 Å². The molecule has 5 nitrogen and oxygen atoms in total. The van der Waals surface area contributed by atoms with Crippen molar-refractivity contribution in [2.24, 2.45) is 5.73 Å². The van der Waals surface area contributed by atoms with E-state index in [1.807, 2.05) is 35.2 Å². The molecule has 2 atom stereocenters. The predicted molar refractivity (Wildman–Crippen MR) is 72.4 cm³/mol. The van der Waals surface area contributed by atoms with Gasteiger partial charge in [0.2, 0.25) is 11.8 Å². The summed E-state index contributed by atoms with van der Waals surface area (Å²) < 4.78 is 0. The molecule has 1 fully saturated rings. The van der Waals surface area contributed by atoms with Gasteiger partial charge in [-0.15, -0.1) is 0 Å². The van der Waals surface area contributed by atoms with Crippen molar-refractivity contribution in [2.75, 3.05) is 20.1 Å². The van der Waals surface area contributed by atoms with Gasteiger partial charge in [0.25, 0.3) is 0 Å². The Bertz CT molecular complexity index is 461. The maximum atomic E-state index is 11.5. The lowest BCUT2D eigenvalue weighted by molar-refractivity contribution is -0.125. The number of carbonyl (C=O) groups excluding carboxylic acids is 2. The van der Waals surface area contributed by atoms with Crippen LogP contribution in [0.4, 0.5) is 0 Å². The second-order valence-corrected chi connectivity index (χ2v) is 4.86. The first-order valence-corrected chi connectivity index (χ1v) is 6.40. The molecule has 5 heteroatoms. The zero-order valence-corrected chi connectivity index (χ0v) is 11.0. The van der Waals surface area contributed by atoms with Crippen LogP contribution in [0.25, 0.3) is 0 Å². The van der Waals surface area contributed by atoms with Gasteiger partial charge in [-0.05, 0) is 17.9 Å². The lowest BCUT2D eigenvalue weighted by Crippen LogP contribution is -2.44. The Labute approximate surface area is 112 Å². The van der Waals surface area contributed by atoms with Gasteiger partial charge in [-0.25, -0.2) is 0 Å². The monoisotopic (exact) mass is 261 g/mol. The fourth-order valence-electron chi connectivity index (χ4n) is 2.60. The Hall–Kier alpha value is -1.88. The van der Waals surface area contributed by atoms with Gasteiger partial charge in [0, 0.05) is 13.6 Å². The Morgan fingerprint density at radius 3 is 2.63 bits per heavy atom. The smallest absolute Gasteiger partial charge is 0.234 e. The lowest BCUT2D eigenvalue weighted by Gasteiger charge is -2.20. The second kappa shape index (κ2) is 5.84. The highest BCUT2D eigenvalue weighted by atomic mass is 16.2. The highest BCUT2D eigenvalue weighted by Crippen LogP contribution is 2.31. The van der Waals surface area contributed by atoms with Gasteiger partial charge in [0.1, 0.15) is 0 Å². The first kappa shape index (κ1) is 13.5. The number of likely N-dealkylation sites (tertiary alicyclic amines) is 1. The number of benzene rings is 1. The third-order valence-corrected chi connectivity index (χ3v) is 3.63. The van der Waals surface area contributed by atoms with Crippen molar-refractivity contribution in [1.82, 2.24) is 10.2 Å². The summed E-state index contributed by atoms with van der Waals surface area (Å²) in [7, 11) is 1.59. The molecule has 2 rings (SSSR count). The molecule has 1 heterocycles. The standard InChI is InChI=1S/C14H19N3O2/c1-16-13(18)9-17-8-11(7-12(17)14(15)19)10-5-3-2-4-6-10/h2-6,11-12H,7-9H2,1H3,(H2,15,19)(H,16,18). The summed E-state index contributed by atoms with van der Waals surface area (Å²) in [5.41, 5.74) is 6.62. The van der Waals surface area contributed by atoms with Gasteiger partial charge < -0.3 is 11.1 Å². The predicted octanol–water partition coefficient (Wildman–Crippen LogP) is 0.0758. The van der Waals surface area contributed by atoms with Crippen LogP contribution in [0.1, 0.15) is 17.9 Å². The molecule has 0 radical (unpaired) electrons. The van der Waals surface area contributed by atoms with Crippen molar-refractivity contribution in [3.05, 3.63) is 35.9 Å². The minimum absolute atomic E-state index is 0.0973. The molecule has 2 amide bonds. The maximum absolute atomic E-state index is 11.5. The Balaban J connectivity index is 2.11. The number of likely N-dealkylation sites (N-methyl/N-ethyl adjacent to an activating group) is 1. The molecule has 1 aromatic rings. The number of amides is 2. The number of primary amides is 1. The van der Waals surface area contributed by atoms with Gasteiger partial charge in [-0.2, -0.15) is 0 Å². The molecule has 0 aromatic heterocycles. The Morgan fingerprint density at radius 2 is 2.05 bits per heavy atom. The van der Waals surface area contributed by atoms with Gasteiger partial charge in [0.05, 0.1) is 12.6 Å². The summed E-state index contributed by atoms with van der Waals surface area (Å²) >= 11 is 0. The number of nitrogens with one attached hydrogen (secondary N) is 1. The number of nitrogens with two attached hydrogens (primary N) is 1. The van der Waals surface area contributed by atoms with Crippen LogP contribution in [0.2, 0.25) is 0 Å².